The van der Waals surface area contributed by atoms with Gasteiger partial charge in [0.15, 0.2) is 8.32 Å². The maximum Gasteiger partial charge on any atom is 0.192 e. The predicted octanol–water partition coefficient (Wildman–Crippen LogP) is 5.58. The van der Waals surface area contributed by atoms with E-state index in [2.05, 4.69) is 90.6 Å². The highest BCUT2D eigenvalue weighted by Gasteiger charge is 2.36. The monoisotopic (exact) mass is 426 g/mol. The van der Waals surface area contributed by atoms with Gasteiger partial charge in [0, 0.05) is 8.04 Å². The van der Waals surface area contributed by atoms with Crippen molar-refractivity contribution in [3.63, 3.8) is 0 Å². The van der Waals surface area contributed by atoms with E-state index in [0.717, 1.165) is 4.47 Å². The highest BCUT2D eigenvalue weighted by atomic mass is 127. The Bertz CT molecular complexity index is 399. The Hall–Kier alpha value is 0.607. The summed E-state index contributed by atoms with van der Waals surface area (Å²) in [4.78, 5) is 0. The van der Waals surface area contributed by atoms with Gasteiger partial charge in [-0.25, -0.2) is 0 Å². The van der Waals surface area contributed by atoms with Crippen molar-refractivity contribution in [1.29, 1.82) is 0 Å². The van der Waals surface area contributed by atoms with E-state index in [1.165, 1.54) is 9.13 Å². The molecule has 1 aromatic carbocycles. The van der Waals surface area contributed by atoms with Gasteiger partial charge in [-0.15, -0.1) is 0 Å². The fourth-order valence-corrected chi connectivity index (χ4v) is 2.83. The molecule has 17 heavy (non-hydrogen) atoms. The molecule has 0 aliphatic carbocycles. The van der Waals surface area contributed by atoms with Gasteiger partial charge in [0.05, 0.1) is 6.61 Å². The average Bonchev–Trinajstić information content (AvgIpc) is 2.18. The van der Waals surface area contributed by atoms with E-state index in [4.69, 9.17) is 4.43 Å². The Morgan fingerprint density at radius 1 is 1.29 bits per heavy atom. The van der Waals surface area contributed by atoms with Gasteiger partial charge in [0.1, 0.15) is 0 Å². The minimum Gasteiger partial charge on any atom is -0.413 e. The first kappa shape index (κ1) is 15.7. The molecular weight excluding hydrogens is 407 g/mol. The smallest absolute Gasteiger partial charge is 0.192 e. The molecule has 0 N–H and O–H groups in total. The van der Waals surface area contributed by atoms with Crippen LogP contribution in [0.25, 0.3) is 0 Å². The molecule has 0 radical (unpaired) electrons. The minimum atomic E-state index is -1.64. The molecule has 1 rings (SSSR count). The molecule has 0 unspecified atom stereocenters. The van der Waals surface area contributed by atoms with E-state index >= 15 is 0 Å². The number of hydrogen-bond donors (Lipinski definition) is 0. The Kier molecular flexibility index (Phi) is 5.26. The number of rotatable bonds is 3. The lowest BCUT2D eigenvalue weighted by Crippen LogP contribution is -2.40. The molecular formula is C13H20BrIOSi. The highest BCUT2D eigenvalue weighted by molar-refractivity contribution is 14.1. The van der Waals surface area contributed by atoms with E-state index in [9.17, 15) is 0 Å². The first-order chi connectivity index (χ1) is 7.63. The molecule has 0 bridgehead atoms. The third kappa shape index (κ3) is 4.33. The predicted molar refractivity (Wildman–Crippen MR) is 88.8 cm³/mol. The molecule has 96 valence electrons. The second-order valence-electron chi connectivity index (χ2n) is 5.80. The van der Waals surface area contributed by atoms with Crippen LogP contribution in [0.2, 0.25) is 18.1 Å². The van der Waals surface area contributed by atoms with Crippen LogP contribution in [0, 0.1) is 3.57 Å². The third-order valence-corrected chi connectivity index (χ3v) is 10.2. The van der Waals surface area contributed by atoms with Crippen LogP contribution in [0.4, 0.5) is 0 Å². The number of benzene rings is 1. The maximum absolute atomic E-state index is 6.19. The minimum absolute atomic E-state index is 0.271. The van der Waals surface area contributed by atoms with Gasteiger partial charge < -0.3 is 4.43 Å². The van der Waals surface area contributed by atoms with Gasteiger partial charge in [-0.2, -0.15) is 0 Å². The first-order valence-electron chi connectivity index (χ1n) is 5.71. The molecule has 0 aliphatic rings. The molecule has 0 heterocycles. The molecule has 0 amide bonds. The van der Waals surface area contributed by atoms with Crippen molar-refractivity contribution in [2.24, 2.45) is 0 Å². The second-order valence-corrected chi connectivity index (χ2v) is 12.6. The lowest BCUT2D eigenvalue weighted by molar-refractivity contribution is 0.276. The molecule has 0 fully saturated rings. The van der Waals surface area contributed by atoms with Gasteiger partial charge in [-0.05, 0) is 74.3 Å². The lowest BCUT2D eigenvalue weighted by atomic mass is 10.2. The Balaban J connectivity index is 2.71. The summed E-state index contributed by atoms with van der Waals surface area (Å²) in [5, 5.41) is 0.271. The van der Waals surface area contributed by atoms with E-state index in [1.54, 1.807) is 0 Å². The molecule has 0 saturated heterocycles. The standard InChI is InChI=1S/C13H20BrIOSi/c1-13(2,3)17(4,5)16-9-10-6-7-12(15)11(14)8-10/h6-8H,9H2,1-5H3. The molecule has 0 saturated carbocycles. The maximum atomic E-state index is 6.19. The first-order valence-corrected chi connectivity index (χ1v) is 10.5. The van der Waals surface area contributed by atoms with Gasteiger partial charge in [0.2, 0.25) is 0 Å². The number of hydrogen-bond acceptors (Lipinski definition) is 1. The van der Waals surface area contributed by atoms with Crippen molar-refractivity contribution >= 4 is 46.8 Å². The summed E-state index contributed by atoms with van der Waals surface area (Å²) in [6.07, 6.45) is 0. The molecule has 1 aromatic rings. The summed E-state index contributed by atoms with van der Waals surface area (Å²) in [7, 11) is -1.64. The summed E-state index contributed by atoms with van der Waals surface area (Å²) >= 11 is 5.87. The van der Waals surface area contributed by atoms with Crippen molar-refractivity contribution in [2.45, 2.75) is 45.5 Å². The lowest BCUT2D eigenvalue weighted by Gasteiger charge is -2.36. The van der Waals surface area contributed by atoms with E-state index in [1.807, 2.05) is 0 Å². The van der Waals surface area contributed by atoms with Crippen LogP contribution in [0.5, 0.6) is 0 Å². The van der Waals surface area contributed by atoms with Crippen molar-refractivity contribution in [2.75, 3.05) is 0 Å². The largest absolute Gasteiger partial charge is 0.413 e. The average molecular weight is 427 g/mol. The van der Waals surface area contributed by atoms with Crippen LogP contribution in [0.1, 0.15) is 26.3 Å². The Morgan fingerprint density at radius 2 is 1.88 bits per heavy atom. The van der Waals surface area contributed by atoms with E-state index < -0.39 is 8.32 Å². The second kappa shape index (κ2) is 5.71. The van der Waals surface area contributed by atoms with Gasteiger partial charge in [-0.3, -0.25) is 0 Å². The van der Waals surface area contributed by atoms with Crippen LogP contribution in [0.3, 0.4) is 0 Å². The highest BCUT2D eigenvalue weighted by Crippen LogP contribution is 2.37. The number of halogens is 2. The van der Waals surface area contributed by atoms with Crippen molar-refractivity contribution in [3.05, 3.63) is 31.8 Å². The van der Waals surface area contributed by atoms with Gasteiger partial charge in [0.25, 0.3) is 0 Å². The van der Waals surface area contributed by atoms with Crippen LogP contribution < -0.4 is 0 Å². The zero-order valence-electron chi connectivity index (χ0n) is 11.1. The SMILES string of the molecule is CC(C)(C)[Si](C)(C)OCc1ccc(I)c(Br)c1. The van der Waals surface area contributed by atoms with Crippen molar-refractivity contribution < 1.29 is 4.43 Å². The summed E-state index contributed by atoms with van der Waals surface area (Å²) in [6.45, 7) is 12.1. The van der Waals surface area contributed by atoms with Crippen molar-refractivity contribution in [1.82, 2.24) is 0 Å². The summed E-state index contributed by atoms with van der Waals surface area (Å²) in [5.74, 6) is 0. The zero-order chi connectivity index (χ0) is 13.3. The van der Waals surface area contributed by atoms with Crippen LogP contribution in [-0.4, -0.2) is 8.32 Å². The van der Waals surface area contributed by atoms with Crippen molar-refractivity contribution in [3.8, 4) is 0 Å². The third-order valence-electron chi connectivity index (χ3n) is 3.39. The van der Waals surface area contributed by atoms with Gasteiger partial charge in [-0.1, -0.05) is 26.8 Å². The zero-order valence-corrected chi connectivity index (χ0v) is 15.8. The molecule has 4 heteroatoms. The fraction of sp³-hybridized carbons (Fsp3) is 0.538. The van der Waals surface area contributed by atoms with Crippen LogP contribution in [-0.2, 0) is 11.0 Å². The summed E-state index contributed by atoms with van der Waals surface area (Å²) in [5.41, 5.74) is 1.24. The topological polar surface area (TPSA) is 9.23 Å². The fourth-order valence-electron chi connectivity index (χ4n) is 1.11. The van der Waals surface area contributed by atoms with E-state index in [-0.39, 0.29) is 5.04 Å². The molecule has 1 nitrogen and oxygen atoms in total. The van der Waals surface area contributed by atoms with Crippen LogP contribution in [0.15, 0.2) is 22.7 Å². The normalized spacial score (nSPS) is 12.9. The Morgan fingerprint density at radius 3 is 2.35 bits per heavy atom. The summed E-state index contributed by atoms with van der Waals surface area (Å²) in [6, 6.07) is 6.41. The molecule has 0 atom stereocenters. The van der Waals surface area contributed by atoms with E-state index in [0.29, 0.717) is 6.61 Å². The molecule has 0 spiro atoms. The molecule has 0 aromatic heterocycles. The molecule has 0 aliphatic heterocycles. The summed E-state index contributed by atoms with van der Waals surface area (Å²) < 4.78 is 8.57. The quantitative estimate of drug-likeness (QED) is 0.453. The Labute approximate surface area is 128 Å². The van der Waals surface area contributed by atoms with Crippen LogP contribution >= 0.6 is 38.5 Å². The van der Waals surface area contributed by atoms with Gasteiger partial charge >= 0.3 is 0 Å².